The molecule has 0 amide bonds. The van der Waals surface area contributed by atoms with E-state index in [0.717, 1.165) is 30.2 Å². The molecule has 20 heavy (non-hydrogen) atoms. The van der Waals surface area contributed by atoms with Crippen LogP contribution in [0.5, 0.6) is 0 Å². The van der Waals surface area contributed by atoms with E-state index in [4.69, 9.17) is 12.2 Å². The van der Waals surface area contributed by atoms with Crippen LogP contribution in [0.3, 0.4) is 0 Å². The molecule has 0 radical (unpaired) electrons. The van der Waals surface area contributed by atoms with E-state index < -0.39 is 0 Å². The number of thiazole rings is 1. The molecule has 0 aromatic carbocycles. The fourth-order valence-electron chi connectivity index (χ4n) is 2.56. The first-order valence-corrected chi connectivity index (χ1v) is 8.33. The molecule has 5 nitrogen and oxygen atoms in total. The summed E-state index contributed by atoms with van der Waals surface area (Å²) in [5, 5.41) is 8.41. The van der Waals surface area contributed by atoms with Gasteiger partial charge < -0.3 is 0 Å². The van der Waals surface area contributed by atoms with Crippen LogP contribution in [0.25, 0.3) is 10.7 Å². The third kappa shape index (κ3) is 2.84. The number of aromatic nitrogens is 4. The molecular formula is C13H19N5S2. The zero-order valence-electron chi connectivity index (χ0n) is 11.6. The van der Waals surface area contributed by atoms with Crippen molar-refractivity contribution in [2.75, 3.05) is 13.1 Å². The van der Waals surface area contributed by atoms with E-state index in [2.05, 4.69) is 31.6 Å². The minimum absolute atomic E-state index is 0.691. The summed E-state index contributed by atoms with van der Waals surface area (Å²) in [5.74, 6) is 0.919. The Morgan fingerprint density at radius 3 is 2.95 bits per heavy atom. The van der Waals surface area contributed by atoms with Gasteiger partial charge in [0.05, 0.1) is 11.4 Å². The lowest BCUT2D eigenvalue weighted by Crippen LogP contribution is -2.17. The van der Waals surface area contributed by atoms with Crippen LogP contribution in [0.4, 0.5) is 0 Å². The first kappa shape index (κ1) is 13.9. The number of rotatable bonds is 5. The Balaban J connectivity index is 1.80. The standard InChI is InChI=1S/C13H19N5S2/c1-2-5-18-12(15-16-13(18)19)10-8-14-11(20-10)9-17-6-3-4-7-17/h8H,2-7,9H2,1H3,(H,16,19). The molecule has 0 saturated carbocycles. The highest BCUT2D eigenvalue weighted by Crippen LogP contribution is 2.26. The third-order valence-corrected chi connectivity index (χ3v) is 4.83. The van der Waals surface area contributed by atoms with E-state index in [1.54, 1.807) is 11.3 Å². The molecule has 1 saturated heterocycles. The van der Waals surface area contributed by atoms with Gasteiger partial charge >= 0.3 is 0 Å². The minimum Gasteiger partial charge on any atom is -0.299 e. The highest BCUT2D eigenvalue weighted by molar-refractivity contribution is 7.71. The van der Waals surface area contributed by atoms with E-state index >= 15 is 0 Å². The Bertz CT molecular complexity index is 621. The van der Waals surface area contributed by atoms with Crippen molar-refractivity contribution in [1.29, 1.82) is 0 Å². The van der Waals surface area contributed by atoms with Gasteiger partial charge in [-0.15, -0.1) is 11.3 Å². The van der Waals surface area contributed by atoms with Crippen LogP contribution < -0.4 is 0 Å². The van der Waals surface area contributed by atoms with E-state index in [1.807, 2.05) is 6.20 Å². The summed E-state index contributed by atoms with van der Waals surface area (Å²) in [6.45, 7) is 6.39. The van der Waals surface area contributed by atoms with Crippen molar-refractivity contribution < 1.29 is 0 Å². The zero-order chi connectivity index (χ0) is 13.9. The lowest BCUT2D eigenvalue weighted by molar-refractivity contribution is 0.331. The Hall–Kier alpha value is -1.05. The first-order chi connectivity index (χ1) is 9.78. The Morgan fingerprint density at radius 1 is 1.40 bits per heavy atom. The van der Waals surface area contributed by atoms with E-state index in [-0.39, 0.29) is 0 Å². The fraction of sp³-hybridized carbons (Fsp3) is 0.615. The minimum atomic E-state index is 0.691. The van der Waals surface area contributed by atoms with Crippen LogP contribution in [0.1, 0.15) is 31.2 Å². The summed E-state index contributed by atoms with van der Waals surface area (Å²) in [7, 11) is 0. The maximum atomic E-state index is 5.28. The summed E-state index contributed by atoms with van der Waals surface area (Å²) in [4.78, 5) is 8.10. The molecule has 108 valence electrons. The molecule has 3 heterocycles. The normalized spacial score (nSPS) is 16.1. The summed E-state index contributed by atoms with van der Waals surface area (Å²) < 4.78 is 2.75. The molecule has 0 bridgehead atoms. The van der Waals surface area contributed by atoms with Crippen molar-refractivity contribution >= 4 is 23.6 Å². The van der Waals surface area contributed by atoms with Crippen molar-refractivity contribution in [3.05, 3.63) is 16.0 Å². The molecule has 3 rings (SSSR count). The Morgan fingerprint density at radius 2 is 2.20 bits per heavy atom. The van der Waals surface area contributed by atoms with Crippen LogP contribution in [0.2, 0.25) is 0 Å². The fourth-order valence-corrected chi connectivity index (χ4v) is 3.74. The molecule has 2 aromatic rings. The van der Waals surface area contributed by atoms with Gasteiger partial charge in [-0.25, -0.2) is 4.98 Å². The average molecular weight is 309 g/mol. The summed E-state index contributed by atoms with van der Waals surface area (Å²) in [5.41, 5.74) is 0. The number of nitrogens with one attached hydrogen (secondary N) is 1. The molecule has 0 atom stereocenters. The van der Waals surface area contributed by atoms with Crippen molar-refractivity contribution in [2.45, 2.75) is 39.3 Å². The van der Waals surface area contributed by atoms with Crippen LogP contribution in [0.15, 0.2) is 6.20 Å². The molecule has 1 aliphatic rings. The summed E-state index contributed by atoms with van der Waals surface area (Å²) in [6, 6.07) is 0. The number of H-pyrrole nitrogens is 1. The highest BCUT2D eigenvalue weighted by Gasteiger charge is 2.16. The van der Waals surface area contributed by atoms with Crippen molar-refractivity contribution in [1.82, 2.24) is 24.6 Å². The second-order valence-corrected chi connectivity index (χ2v) is 6.61. The van der Waals surface area contributed by atoms with Gasteiger partial charge in [-0.1, -0.05) is 6.92 Å². The van der Waals surface area contributed by atoms with Gasteiger partial charge in [0.2, 0.25) is 0 Å². The van der Waals surface area contributed by atoms with Gasteiger partial charge in [-0.3, -0.25) is 14.6 Å². The van der Waals surface area contributed by atoms with E-state index in [1.165, 1.54) is 30.9 Å². The molecule has 0 unspecified atom stereocenters. The summed E-state index contributed by atoms with van der Waals surface area (Å²) in [6.07, 6.45) is 5.59. The number of aromatic amines is 1. The monoisotopic (exact) mass is 309 g/mol. The predicted molar refractivity (Wildman–Crippen MR) is 83.3 cm³/mol. The third-order valence-electron chi connectivity index (χ3n) is 3.54. The highest BCUT2D eigenvalue weighted by atomic mass is 32.1. The van der Waals surface area contributed by atoms with Crippen LogP contribution >= 0.6 is 23.6 Å². The Labute approximate surface area is 127 Å². The number of likely N-dealkylation sites (tertiary alicyclic amines) is 1. The van der Waals surface area contributed by atoms with Gasteiger partial charge in [0, 0.05) is 12.7 Å². The molecule has 7 heteroatoms. The smallest absolute Gasteiger partial charge is 0.195 e. The van der Waals surface area contributed by atoms with Gasteiger partial charge in [-0.2, -0.15) is 5.10 Å². The Kier molecular flexibility index (Phi) is 4.28. The SMILES string of the molecule is CCCn1c(-c2cnc(CN3CCCC3)s2)n[nH]c1=S. The quantitative estimate of drug-likeness (QED) is 0.862. The van der Waals surface area contributed by atoms with Crippen molar-refractivity contribution in [2.24, 2.45) is 0 Å². The molecular weight excluding hydrogens is 290 g/mol. The molecule has 1 N–H and O–H groups in total. The molecule has 1 fully saturated rings. The maximum Gasteiger partial charge on any atom is 0.195 e. The molecule has 1 aliphatic heterocycles. The second-order valence-electron chi connectivity index (χ2n) is 5.11. The molecule has 2 aromatic heterocycles. The average Bonchev–Trinajstić information content (AvgIpc) is 3.14. The topological polar surface area (TPSA) is 49.7 Å². The summed E-state index contributed by atoms with van der Waals surface area (Å²) >= 11 is 7.01. The number of hydrogen-bond donors (Lipinski definition) is 1. The van der Waals surface area contributed by atoms with Gasteiger partial charge in [0.15, 0.2) is 10.6 Å². The van der Waals surface area contributed by atoms with E-state index in [0.29, 0.717) is 4.77 Å². The van der Waals surface area contributed by atoms with Gasteiger partial charge in [-0.05, 0) is 44.6 Å². The maximum absolute atomic E-state index is 5.28. The zero-order valence-corrected chi connectivity index (χ0v) is 13.3. The lowest BCUT2D eigenvalue weighted by atomic mass is 10.4. The lowest BCUT2D eigenvalue weighted by Gasteiger charge is -2.11. The first-order valence-electron chi connectivity index (χ1n) is 7.10. The predicted octanol–water partition coefficient (Wildman–Crippen LogP) is 3.07. The van der Waals surface area contributed by atoms with Crippen molar-refractivity contribution in [3.8, 4) is 10.7 Å². The van der Waals surface area contributed by atoms with Crippen molar-refractivity contribution in [3.63, 3.8) is 0 Å². The second kappa shape index (κ2) is 6.15. The van der Waals surface area contributed by atoms with Crippen LogP contribution in [0, 0.1) is 4.77 Å². The largest absolute Gasteiger partial charge is 0.299 e. The van der Waals surface area contributed by atoms with E-state index in [9.17, 15) is 0 Å². The number of hydrogen-bond acceptors (Lipinski definition) is 5. The molecule has 0 aliphatic carbocycles. The molecule has 0 spiro atoms. The number of nitrogens with zero attached hydrogens (tertiary/aromatic N) is 4. The van der Waals surface area contributed by atoms with Gasteiger partial charge in [0.1, 0.15) is 5.01 Å². The van der Waals surface area contributed by atoms with Crippen LogP contribution in [-0.4, -0.2) is 37.7 Å². The van der Waals surface area contributed by atoms with Crippen LogP contribution in [-0.2, 0) is 13.1 Å². The van der Waals surface area contributed by atoms with Gasteiger partial charge in [0.25, 0.3) is 0 Å².